The van der Waals surface area contributed by atoms with E-state index in [1.807, 2.05) is 0 Å². The number of sulfone groups is 1. The van der Waals surface area contributed by atoms with Crippen LogP contribution in [-0.4, -0.2) is 29.1 Å². The van der Waals surface area contributed by atoms with Crippen LogP contribution in [-0.2, 0) is 16.3 Å². The summed E-state index contributed by atoms with van der Waals surface area (Å²) >= 11 is 6.38. The van der Waals surface area contributed by atoms with Crippen molar-refractivity contribution in [1.82, 2.24) is 15.0 Å². The van der Waals surface area contributed by atoms with Crippen molar-refractivity contribution in [3.05, 3.63) is 75.0 Å². The second-order valence-corrected chi connectivity index (χ2v) is 9.64. The van der Waals surface area contributed by atoms with Crippen LogP contribution in [0.25, 0.3) is 33.7 Å². The van der Waals surface area contributed by atoms with Crippen molar-refractivity contribution in [3.8, 4) is 28.6 Å². The monoisotopic (exact) mass is 448 g/mol. The maximum atomic E-state index is 12.3. The van der Waals surface area contributed by atoms with Gasteiger partial charge >= 0.3 is 0 Å². The number of halogens is 1. The van der Waals surface area contributed by atoms with E-state index in [9.17, 15) is 18.5 Å². The number of benzene rings is 2. The molecule has 2 aromatic heterocycles. The van der Waals surface area contributed by atoms with E-state index >= 15 is 0 Å². The van der Waals surface area contributed by atoms with Crippen molar-refractivity contribution >= 4 is 32.6 Å². The number of nitrogens with one attached hydrogen (secondary N) is 1. The van der Waals surface area contributed by atoms with Gasteiger partial charge in [0.15, 0.2) is 15.5 Å². The molecular weight excluding hydrogens is 436 g/mol. The molecule has 0 atom stereocenters. The first kappa shape index (κ1) is 19.4. The number of aryl methyl sites for hydroxylation is 1. The molecule has 7 nitrogen and oxygen atoms in total. The van der Waals surface area contributed by atoms with Crippen LogP contribution in [0.15, 0.2) is 58.2 Å². The lowest BCUT2D eigenvalue weighted by Gasteiger charge is -2.12. The molecule has 0 saturated heterocycles. The van der Waals surface area contributed by atoms with Gasteiger partial charge in [-0.15, -0.1) is 0 Å². The van der Waals surface area contributed by atoms with Gasteiger partial charge in [0, 0.05) is 17.2 Å². The molecule has 31 heavy (non-hydrogen) atoms. The number of nitrogens with zero attached hydrogens (tertiary/aromatic N) is 3. The lowest BCUT2D eigenvalue weighted by Crippen LogP contribution is -2.06. The van der Waals surface area contributed by atoms with Crippen LogP contribution in [0.5, 0.6) is 0 Å². The highest BCUT2D eigenvalue weighted by Crippen LogP contribution is 2.39. The Hall–Kier alpha value is -3.54. The zero-order valence-corrected chi connectivity index (χ0v) is 17.5. The summed E-state index contributed by atoms with van der Waals surface area (Å²) < 4.78 is 24.6. The minimum absolute atomic E-state index is 0.0210. The van der Waals surface area contributed by atoms with Crippen molar-refractivity contribution in [2.45, 2.75) is 11.3 Å². The van der Waals surface area contributed by atoms with E-state index in [4.69, 9.17) is 16.6 Å². The van der Waals surface area contributed by atoms with Crippen molar-refractivity contribution < 1.29 is 8.42 Å². The number of aromatic amines is 1. The Labute approximate surface area is 181 Å². The molecule has 0 bridgehead atoms. The van der Waals surface area contributed by atoms with E-state index in [1.165, 1.54) is 6.07 Å². The standard InChI is InChI=1S/C22H13ClN4O3S/c23-16-10-15(9-14-6-7-31(29,30)21(14)16)20-19(13-3-1-2-12(8-13)11-24)27-22-17(25-20)4-5-18(28)26-22/h1-5,8-10H,6-7H2,(H,26,27,28). The van der Waals surface area contributed by atoms with Gasteiger partial charge in [-0.05, 0) is 42.3 Å². The first-order valence-corrected chi connectivity index (χ1v) is 11.4. The quantitative estimate of drug-likeness (QED) is 0.501. The van der Waals surface area contributed by atoms with Crippen LogP contribution in [0.3, 0.4) is 0 Å². The third-order valence-corrected chi connectivity index (χ3v) is 7.42. The largest absolute Gasteiger partial charge is 0.305 e. The number of hydrogen-bond donors (Lipinski definition) is 1. The van der Waals surface area contributed by atoms with E-state index in [0.717, 1.165) is 0 Å². The van der Waals surface area contributed by atoms with Crippen molar-refractivity contribution in [3.63, 3.8) is 0 Å². The summed E-state index contributed by atoms with van der Waals surface area (Å²) in [5, 5.41) is 9.43. The van der Waals surface area contributed by atoms with E-state index in [-0.39, 0.29) is 21.2 Å². The van der Waals surface area contributed by atoms with Gasteiger partial charge in [-0.3, -0.25) is 4.79 Å². The first-order valence-electron chi connectivity index (χ1n) is 9.33. The number of fused-ring (bicyclic) bond motifs is 2. The van der Waals surface area contributed by atoms with E-state index in [1.54, 1.807) is 42.5 Å². The Bertz CT molecular complexity index is 1600. The van der Waals surface area contributed by atoms with Crippen molar-refractivity contribution in [1.29, 1.82) is 5.26 Å². The smallest absolute Gasteiger partial charge is 0.249 e. The number of nitriles is 1. The summed E-state index contributed by atoms with van der Waals surface area (Å²) in [6, 6.07) is 15.3. The SMILES string of the molecule is N#Cc1cccc(-c2nc3[nH]c(=O)ccc3nc2-c2cc(Cl)c3c(c2)CCS3(=O)=O)c1. The van der Waals surface area contributed by atoms with Gasteiger partial charge in [0.1, 0.15) is 5.52 Å². The summed E-state index contributed by atoms with van der Waals surface area (Å²) in [5.41, 5.74) is 3.73. The van der Waals surface area contributed by atoms with Gasteiger partial charge in [0.25, 0.3) is 0 Å². The summed E-state index contributed by atoms with van der Waals surface area (Å²) in [4.78, 5) is 23.9. The molecule has 0 amide bonds. The molecule has 0 spiro atoms. The summed E-state index contributed by atoms with van der Waals surface area (Å²) in [5.74, 6) is 0.0210. The number of rotatable bonds is 2. The molecule has 3 heterocycles. The van der Waals surface area contributed by atoms with Crippen LogP contribution >= 0.6 is 11.6 Å². The van der Waals surface area contributed by atoms with Crippen LogP contribution in [0.2, 0.25) is 5.02 Å². The Kier molecular flexibility index (Phi) is 4.39. The van der Waals surface area contributed by atoms with Crippen molar-refractivity contribution in [2.75, 3.05) is 5.75 Å². The molecule has 0 fully saturated rings. The second-order valence-electron chi connectivity index (χ2n) is 7.19. The Balaban J connectivity index is 1.83. The molecule has 2 aromatic carbocycles. The highest BCUT2D eigenvalue weighted by Gasteiger charge is 2.30. The van der Waals surface area contributed by atoms with Crippen LogP contribution in [0.4, 0.5) is 0 Å². The Morgan fingerprint density at radius 1 is 1.03 bits per heavy atom. The number of pyridine rings is 1. The van der Waals surface area contributed by atoms with Crippen LogP contribution < -0.4 is 5.56 Å². The predicted octanol–water partition coefficient (Wildman–Crippen LogP) is 3.51. The molecular formula is C22H13ClN4O3S. The minimum atomic E-state index is -3.39. The maximum absolute atomic E-state index is 12.3. The molecule has 1 N–H and O–H groups in total. The summed E-state index contributed by atoms with van der Waals surface area (Å²) in [7, 11) is -3.39. The highest BCUT2D eigenvalue weighted by atomic mass is 35.5. The lowest BCUT2D eigenvalue weighted by molar-refractivity contribution is 0.600. The molecule has 0 saturated carbocycles. The molecule has 1 aliphatic rings. The van der Waals surface area contributed by atoms with Gasteiger partial charge in [0.2, 0.25) is 5.56 Å². The molecule has 4 aromatic rings. The summed E-state index contributed by atoms with van der Waals surface area (Å²) in [6.07, 6.45) is 0.374. The molecule has 5 rings (SSSR count). The molecule has 9 heteroatoms. The molecule has 0 unspecified atom stereocenters. The Morgan fingerprint density at radius 2 is 1.84 bits per heavy atom. The van der Waals surface area contributed by atoms with Gasteiger partial charge in [-0.25, -0.2) is 18.4 Å². The lowest BCUT2D eigenvalue weighted by atomic mass is 10.00. The van der Waals surface area contributed by atoms with E-state index in [2.05, 4.69) is 16.0 Å². The predicted molar refractivity (Wildman–Crippen MR) is 117 cm³/mol. The second kappa shape index (κ2) is 7.01. The Morgan fingerprint density at radius 3 is 2.65 bits per heavy atom. The molecule has 1 aliphatic heterocycles. The topological polar surface area (TPSA) is 117 Å². The number of hydrogen-bond acceptors (Lipinski definition) is 6. The molecule has 0 radical (unpaired) electrons. The normalized spacial score (nSPS) is 14.3. The third-order valence-electron chi connectivity index (χ3n) is 5.17. The number of aromatic nitrogens is 3. The third kappa shape index (κ3) is 3.28. The van der Waals surface area contributed by atoms with Gasteiger partial charge < -0.3 is 4.98 Å². The average molecular weight is 449 g/mol. The fourth-order valence-corrected chi connectivity index (χ4v) is 5.98. The molecule has 152 valence electrons. The van der Waals surface area contributed by atoms with Crippen LogP contribution in [0.1, 0.15) is 11.1 Å². The van der Waals surface area contributed by atoms with E-state index in [0.29, 0.717) is 51.2 Å². The first-order chi connectivity index (χ1) is 14.9. The van der Waals surface area contributed by atoms with Gasteiger partial charge in [-0.2, -0.15) is 5.26 Å². The van der Waals surface area contributed by atoms with Gasteiger partial charge in [-0.1, -0.05) is 23.7 Å². The van der Waals surface area contributed by atoms with Gasteiger partial charge in [0.05, 0.1) is 38.7 Å². The fraction of sp³-hybridized carbons (Fsp3) is 0.0909. The zero-order chi connectivity index (χ0) is 21.8. The fourth-order valence-electron chi connectivity index (χ4n) is 3.78. The summed E-state index contributed by atoms with van der Waals surface area (Å²) in [6.45, 7) is 0. The zero-order valence-electron chi connectivity index (χ0n) is 15.9. The van der Waals surface area contributed by atoms with Crippen LogP contribution in [0, 0.1) is 11.3 Å². The average Bonchev–Trinajstić information content (AvgIpc) is 3.07. The number of H-pyrrole nitrogens is 1. The minimum Gasteiger partial charge on any atom is -0.305 e. The van der Waals surface area contributed by atoms with Crippen molar-refractivity contribution in [2.24, 2.45) is 0 Å². The van der Waals surface area contributed by atoms with E-state index < -0.39 is 9.84 Å². The maximum Gasteiger partial charge on any atom is 0.249 e. The molecule has 0 aliphatic carbocycles. The highest BCUT2D eigenvalue weighted by molar-refractivity contribution is 7.91.